The number of aliphatic hydroxyl groups is 1. The summed E-state index contributed by atoms with van der Waals surface area (Å²) in [5, 5.41) is 8.94. The molecule has 2 heteroatoms. The van der Waals surface area contributed by atoms with Gasteiger partial charge in [0.2, 0.25) is 0 Å². The summed E-state index contributed by atoms with van der Waals surface area (Å²) in [6.07, 6.45) is 6.80. The van der Waals surface area contributed by atoms with Crippen LogP contribution in [0.15, 0.2) is 12.3 Å². The van der Waals surface area contributed by atoms with E-state index in [-0.39, 0.29) is 0 Å². The van der Waals surface area contributed by atoms with Crippen molar-refractivity contribution in [1.29, 1.82) is 0 Å². The number of aliphatic hydroxyl groups excluding tert-OH is 1. The standard InChI is InChI=1S/C11H17NO/c1-12-7-5-10-9(6-8-13)3-2-4-11(10)12/h5,7,9,13H,2-4,6,8H2,1H3. The van der Waals surface area contributed by atoms with Gasteiger partial charge in [-0.3, -0.25) is 0 Å². The van der Waals surface area contributed by atoms with Gasteiger partial charge in [-0.1, -0.05) is 0 Å². The minimum Gasteiger partial charge on any atom is -0.396 e. The first-order valence-corrected chi connectivity index (χ1v) is 5.08. The van der Waals surface area contributed by atoms with Crippen molar-refractivity contribution in [1.82, 2.24) is 4.57 Å². The molecule has 0 amide bonds. The van der Waals surface area contributed by atoms with E-state index in [0.717, 1.165) is 6.42 Å². The molecular weight excluding hydrogens is 162 g/mol. The van der Waals surface area contributed by atoms with Crippen molar-refractivity contribution in [3.63, 3.8) is 0 Å². The Balaban J connectivity index is 2.27. The van der Waals surface area contributed by atoms with Gasteiger partial charge in [-0.2, -0.15) is 0 Å². The van der Waals surface area contributed by atoms with Crippen molar-refractivity contribution in [3.05, 3.63) is 23.5 Å². The highest BCUT2D eigenvalue weighted by Gasteiger charge is 2.21. The molecule has 1 aromatic rings. The minimum atomic E-state index is 0.318. The van der Waals surface area contributed by atoms with Crippen LogP contribution in [-0.2, 0) is 13.5 Å². The average Bonchev–Trinajstić information content (AvgIpc) is 2.50. The van der Waals surface area contributed by atoms with Crippen LogP contribution in [0.5, 0.6) is 0 Å². The molecule has 1 heterocycles. The van der Waals surface area contributed by atoms with Crippen LogP contribution in [0, 0.1) is 0 Å². The third-order valence-corrected chi connectivity index (χ3v) is 3.12. The molecule has 2 rings (SSSR count). The second kappa shape index (κ2) is 3.54. The number of nitrogens with zero attached hydrogens (tertiary/aromatic N) is 1. The quantitative estimate of drug-likeness (QED) is 0.736. The lowest BCUT2D eigenvalue weighted by Gasteiger charge is -2.22. The Morgan fingerprint density at radius 1 is 1.62 bits per heavy atom. The highest BCUT2D eigenvalue weighted by atomic mass is 16.3. The fraction of sp³-hybridized carbons (Fsp3) is 0.636. The molecule has 0 aromatic carbocycles. The number of aromatic nitrogens is 1. The molecule has 0 fully saturated rings. The van der Waals surface area contributed by atoms with Crippen molar-refractivity contribution >= 4 is 0 Å². The largest absolute Gasteiger partial charge is 0.396 e. The van der Waals surface area contributed by atoms with Gasteiger partial charge in [-0.25, -0.2) is 0 Å². The lowest BCUT2D eigenvalue weighted by atomic mass is 9.85. The Morgan fingerprint density at radius 3 is 3.23 bits per heavy atom. The monoisotopic (exact) mass is 179 g/mol. The number of rotatable bonds is 2. The van der Waals surface area contributed by atoms with Crippen LogP contribution in [0.4, 0.5) is 0 Å². The van der Waals surface area contributed by atoms with Gasteiger partial charge in [0.1, 0.15) is 0 Å². The van der Waals surface area contributed by atoms with Crippen LogP contribution in [0.3, 0.4) is 0 Å². The first kappa shape index (κ1) is 8.82. The molecule has 0 bridgehead atoms. The second-order valence-corrected chi connectivity index (χ2v) is 3.93. The van der Waals surface area contributed by atoms with E-state index in [4.69, 9.17) is 5.11 Å². The summed E-state index contributed by atoms with van der Waals surface area (Å²) in [6.45, 7) is 0.318. The van der Waals surface area contributed by atoms with Crippen LogP contribution in [0.25, 0.3) is 0 Å². The topological polar surface area (TPSA) is 25.2 Å². The van der Waals surface area contributed by atoms with Crippen LogP contribution in [-0.4, -0.2) is 16.3 Å². The van der Waals surface area contributed by atoms with Crippen LogP contribution < -0.4 is 0 Å². The van der Waals surface area contributed by atoms with Crippen molar-refractivity contribution in [3.8, 4) is 0 Å². The molecule has 1 atom stereocenters. The van der Waals surface area contributed by atoms with Gasteiger partial charge < -0.3 is 9.67 Å². The number of hydrogen-bond acceptors (Lipinski definition) is 1. The maximum Gasteiger partial charge on any atom is 0.0436 e. The molecule has 1 aliphatic rings. The normalized spacial score (nSPS) is 21.5. The van der Waals surface area contributed by atoms with Crippen LogP contribution in [0.2, 0.25) is 0 Å². The van der Waals surface area contributed by atoms with E-state index in [1.54, 1.807) is 0 Å². The summed E-state index contributed by atoms with van der Waals surface area (Å²) in [5.74, 6) is 0.606. The molecule has 1 aliphatic carbocycles. The van der Waals surface area contributed by atoms with Crippen molar-refractivity contribution in [2.45, 2.75) is 31.6 Å². The maximum absolute atomic E-state index is 8.94. The van der Waals surface area contributed by atoms with E-state index in [9.17, 15) is 0 Å². The van der Waals surface area contributed by atoms with Crippen molar-refractivity contribution < 1.29 is 5.11 Å². The first-order chi connectivity index (χ1) is 6.33. The third-order valence-electron chi connectivity index (χ3n) is 3.12. The molecule has 0 aliphatic heterocycles. The lowest BCUT2D eigenvalue weighted by Crippen LogP contribution is -2.11. The van der Waals surface area contributed by atoms with E-state index in [1.807, 2.05) is 0 Å². The summed E-state index contributed by atoms with van der Waals surface area (Å²) in [6, 6.07) is 2.22. The predicted octanol–water partition coefficient (Wildman–Crippen LogP) is 1.83. The van der Waals surface area contributed by atoms with Gasteiger partial charge in [-0.05, 0) is 43.2 Å². The maximum atomic E-state index is 8.94. The SMILES string of the molecule is Cn1ccc2c1CCCC2CCO. The molecule has 13 heavy (non-hydrogen) atoms. The number of hydrogen-bond donors (Lipinski definition) is 1. The molecule has 1 N–H and O–H groups in total. The lowest BCUT2D eigenvalue weighted by molar-refractivity contribution is 0.269. The summed E-state index contributed by atoms with van der Waals surface area (Å²) in [7, 11) is 2.11. The predicted molar refractivity (Wildman–Crippen MR) is 52.8 cm³/mol. The van der Waals surface area contributed by atoms with Gasteiger partial charge in [0.05, 0.1) is 0 Å². The molecule has 1 aromatic heterocycles. The highest BCUT2D eigenvalue weighted by molar-refractivity contribution is 5.28. The Labute approximate surface area is 79.2 Å². The van der Waals surface area contributed by atoms with E-state index in [2.05, 4.69) is 23.9 Å². The summed E-state index contributed by atoms with van der Waals surface area (Å²) < 4.78 is 2.22. The van der Waals surface area contributed by atoms with Gasteiger partial charge in [-0.15, -0.1) is 0 Å². The zero-order valence-electron chi connectivity index (χ0n) is 8.16. The Kier molecular flexibility index (Phi) is 2.40. The molecule has 0 saturated carbocycles. The van der Waals surface area contributed by atoms with Gasteiger partial charge in [0.25, 0.3) is 0 Å². The molecule has 0 saturated heterocycles. The molecule has 2 nitrogen and oxygen atoms in total. The van der Waals surface area contributed by atoms with Crippen LogP contribution >= 0.6 is 0 Å². The fourth-order valence-corrected chi connectivity index (χ4v) is 2.40. The Hall–Kier alpha value is -0.760. The molecule has 72 valence electrons. The van der Waals surface area contributed by atoms with Gasteiger partial charge in [0.15, 0.2) is 0 Å². The summed E-state index contributed by atoms with van der Waals surface area (Å²) in [5.41, 5.74) is 2.95. The van der Waals surface area contributed by atoms with Crippen LogP contribution in [0.1, 0.15) is 36.4 Å². The highest BCUT2D eigenvalue weighted by Crippen LogP contribution is 2.33. The Bertz CT molecular complexity index is 290. The smallest absolute Gasteiger partial charge is 0.0436 e. The van der Waals surface area contributed by atoms with E-state index in [0.29, 0.717) is 12.5 Å². The summed E-state index contributed by atoms with van der Waals surface area (Å²) >= 11 is 0. The zero-order chi connectivity index (χ0) is 9.26. The van der Waals surface area contributed by atoms with Crippen molar-refractivity contribution in [2.24, 2.45) is 7.05 Å². The van der Waals surface area contributed by atoms with Gasteiger partial charge in [0, 0.05) is 25.5 Å². The Morgan fingerprint density at radius 2 is 2.46 bits per heavy atom. The third kappa shape index (κ3) is 1.51. The first-order valence-electron chi connectivity index (χ1n) is 5.08. The fourth-order valence-electron chi connectivity index (χ4n) is 2.40. The number of fused-ring (bicyclic) bond motifs is 1. The molecule has 1 unspecified atom stereocenters. The van der Waals surface area contributed by atoms with E-state index >= 15 is 0 Å². The van der Waals surface area contributed by atoms with Gasteiger partial charge >= 0.3 is 0 Å². The molecular formula is C11H17NO. The molecule has 0 radical (unpaired) electrons. The zero-order valence-corrected chi connectivity index (χ0v) is 8.16. The minimum absolute atomic E-state index is 0.318. The summed E-state index contributed by atoms with van der Waals surface area (Å²) in [4.78, 5) is 0. The van der Waals surface area contributed by atoms with Crippen molar-refractivity contribution in [2.75, 3.05) is 6.61 Å². The van der Waals surface area contributed by atoms with E-state index < -0.39 is 0 Å². The average molecular weight is 179 g/mol. The second-order valence-electron chi connectivity index (χ2n) is 3.93. The molecule has 0 spiro atoms. The van der Waals surface area contributed by atoms with E-state index in [1.165, 1.54) is 30.5 Å². The number of aryl methyl sites for hydroxylation is 1.